The summed E-state index contributed by atoms with van der Waals surface area (Å²) < 4.78 is 14.2. The molecule has 0 amide bonds. The molecule has 0 bridgehead atoms. The third-order valence-electron chi connectivity index (χ3n) is 2.44. The number of aliphatic hydroxyl groups excluding tert-OH is 4. The summed E-state index contributed by atoms with van der Waals surface area (Å²) >= 11 is 0. The third-order valence-corrected chi connectivity index (χ3v) is 2.44. The molecule has 100 valence electrons. The Kier molecular flexibility index (Phi) is 5.25. The summed E-state index contributed by atoms with van der Waals surface area (Å²) in [6, 6.07) is 0. The normalized spacial score (nSPS) is 37.8. The highest BCUT2D eigenvalue weighted by atomic mass is 16.7. The molecule has 0 aliphatic carbocycles. The zero-order valence-corrected chi connectivity index (χ0v) is 9.22. The summed E-state index contributed by atoms with van der Waals surface area (Å²) in [4.78, 5) is 10.8. The maximum Gasteiger partial charge on any atom is 0.331 e. The van der Waals surface area contributed by atoms with Gasteiger partial charge in [0, 0.05) is 0 Å². The Balaban J connectivity index is 2.56. The van der Waals surface area contributed by atoms with E-state index in [9.17, 15) is 20.1 Å². The molecule has 8 heteroatoms. The third kappa shape index (κ3) is 3.35. The van der Waals surface area contributed by atoms with Gasteiger partial charge in [0.2, 0.25) is 0 Å². The largest absolute Gasteiger partial charge is 0.467 e. The van der Waals surface area contributed by atoms with E-state index in [1.54, 1.807) is 0 Å². The standard InChI is InChI=1S/C9H16O8/c1-15-5(11)3-16-9-8(14)7(13)6(12)4(2-10)17-9/h4,6-10,12-14H,2-3H2,1H3/t4?,6-,7+,8?,9?/m1/s1. The molecule has 0 spiro atoms. The maximum absolute atomic E-state index is 10.8. The lowest BCUT2D eigenvalue weighted by Crippen LogP contribution is -2.59. The Labute approximate surface area is 97.3 Å². The van der Waals surface area contributed by atoms with Crippen LogP contribution in [0.25, 0.3) is 0 Å². The highest BCUT2D eigenvalue weighted by Crippen LogP contribution is 2.21. The van der Waals surface area contributed by atoms with Crippen molar-refractivity contribution in [3.05, 3.63) is 0 Å². The zero-order chi connectivity index (χ0) is 13.0. The average molecular weight is 252 g/mol. The minimum Gasteiger partial charge on any atom is -0.467 e. The van der Waals surface area contributed by atoms with E-state index < -0.39 is 49.9 Å². The summed E-state index contributed by atoms with van der Waals surface area (Å²) in [5, 5.41) is 37.3. The molecule has 5 atom stereocenters. The molecule has 0 aromatic carbocycles. The lowest BCUT2D eigenvalue weighted by atomic mass is 9.99. The van der Waals surface area contributed by atoms with Gasteiger partial charge in [-0.25, -0.2) is 4.79 Å². The minimum atomic E-state index is -1.52. The van der Waals surface area contributed by atoms with Gasteiger partial charge in [0.25, 0.3) is 0 Å². The van der Waals surface area contributed by atoms with E-state index in [4.69, 9.17) is 14.6 Å². The SMILES string of the molecule is COC(=O)COC1OC(CO)[C@@H](O)[C@H](O)C1O. The number of carbonyl (C=O) groups is 1. The summed E-state index contributed by atoms with van der Waals surface area (Å²) in [5.74, 6) is -0.679. The molecule has 0 aromatic heterocycles. The number of hydrogen-bond acceptors (Lipinski definition) is 8. The zero-order valence-electron chi connectivity index (χ0n) is 9.22. The molecule has 1 heterocycles. The smallest absolute Gasteiger partial charge is 0.331 e. The summed E-state index contributed by atoms with van der Waals surface area (Å²) in [5.41, 5.74) is 0. The summed E-state index contributed by atoms with van der Waals surface area (Å²) in [6.07, 6.45) is -6.87. The van der Waals surface area contributed by atoms with Crippen LogP contribution in [0, 0.1) is 0 Å². The second-order valence-corrected chi connectivity index (χ2v) is 3.58. The first-order valence-electron chi connectivity index (χ1n) is 5.00. The second kappa shape index (κ2) is 6.24. The number of ether oxygens (including phenoxy) is 3. The molecular weight excluding hydrogens is 236 g/mol. The molecule has 4 N–H and O–H groups in total. The molecule has 8 nitrogen and oxygen atoms in total. The van der Waals surface area contributed by atoms with E-state index in [1.165, 1.54) is 7.11 Å². The number of methoxy groups -OCH3 is 1. The van der Waals surface area contributed by atoms with Crippen LogP contribution in [0.1, 0.15) is 0 Å². The molecule has 1 rings (SSSR count). The quantitative estimate of drug-likeness (QED) is 0.389. The Bertz CT molecular complexity index is 255. The number of carbonyl (C=O) groups excluding carboxylic acids is 1. The molecule has 1 aliphatic heterocycles. The first-order valence-corrected chi connectivity index (χ1v) is 5.00. The molecule has 1 aliphatic rings. The van der Waals surface area contributed by atoms with E-state index in [0.29, 0.717) is 0 Å². The molecule has 0 saturated carbocycles. The van der Waals surface area contributed by atoms with Gasteiger partial charge < -0.3 is 34.6 Å². The molecular formula is C9H16O8. The number of hydrogen-bond donors (Lipinski definition) is 4. The van der Waals surface area contributed by atoms with Crippen molar-refractivity contribution in [1.82, 2.24) is 0 Å². The van der Waals surface area contributed by atoms with Gasteiger partial charge >= 0.3 is 5.97 Å². The van der Waals surface area contributed by atoms with Crippen molar-refractivity contribution in [2.75, 3.05) is 20.3 Å². The predicted molar refractivity (Wildman–Crippen MR) is 51.7 cm³/mol. The van der Waals surface area contributed by atoms with Crippen LogP contribution < -0.4 is 0 Å². The molecule has 1 saturated heterocycles. The van der Waals surface area contributed by atoms with Gasteiger partial charge in [-0.2, -0.15) is 0 Å². The van der Waals surface area contributed by atoms with Crippen molar-refractivity contribution in [2.24, 2.45) is 0 Å². The fourth-order valence-corrected chi connectivity index (χ4v) is 1.41. The van der Waals surface area contributed by atoms with E-state index in [-0.39, 0.29) is 0 Å². The highest BCUT2D eigenvalue weighted by molar-refractivity contribution is 5.70. The first-order chi connectivity index (χ1) is 8.01. The van der Waals surface area contributed by atoms with Crippen molar-refractivity contribution in [1.29, 1.82) is 0 Å². The monoisotopic (exact) mass is 252 g/mol. The lowest BCUT2D eigenvalue weighted by Gasteiger charge is -2.39. The number of rotatable bonds is 4. The topological polar surface area (TPSA) is 126 Å². The van der Waals surface area contributed by atoms with Crippen molar-refractivity contribution in [3.8, 4) is 0 Å². The van der Waals surface area contributed by atoms with Gasteiger partial charge in [-0.3, -0.25) is 0 Å². The van der Waals surface area contributed by atoms with E-state index in [2.05, 4.69) is 4.74 Å². The van der Waals surface area contributed by atoms with Crippen molar-refractivity contribution in [3.63, 3.8) is 0 Å². The summed E-state index contributed by atoms with van der Waals surface area (Å²) in [6.45, 7) is -1.03. The summed E-state index contributed by atoms with van der Waals surface area (Å²) in [7, 11) is 1.17. The van der Waals surface area contributed by atoms with Crippen LogP contribution in [-0.2, 0) is 19.0 Å². The first kappa shape index (κ1) is 14.3. The van der Waals surface area contributed by atoms with Gasteiger partial charge in [0.1, 0.15) is 31.0 Å². The second-order valence-electron chi connectivity index (χ2n) is 3.58. The highest BCUT2D eigenvalue weighted by Gasteiger charge is 2.44. The molecule has 17 heavy (non-hydrogen) atoms. The number of aliphatic hydroxyl groups is 4. The van der Waals surface area contributed by atoms with Crippen LogP contribution in [-0.4, -0.2) is 77.4 Å². The van der Waals surface area contributed by atoms with E-state index in [0.717, 1.165) is 0 Å². The average Bonchev–Trinajstić information content (AvgIpc) is 2.34. The van der Waals surface area contributed by atoms with Crippen LogP contribution in [0.3, 0.4) is 0 Å². The predicted octanol–water partition coefficient (Wildman–Crippen LogP) is -3.02. The van der Waals surface area contributed by atoms with Gasteiger partial charge in [0.15, 0.2) is 6.29 Å². The minimum absolute atomic E-state index is 0.473. The van der Waals surface area contributed by atoms with Crippen LogP contribution >= 0.6 is 0 Å². The Morgan fingerprint density at radius 3 is 2.41 bits per heavy atom. The van der Waals surface area contributed by atoms with Gasteiger partial charge in [-0.15, -0.1) is 0 Å². The van der Waals surface area contributed by atoms with Gasteiger partial charge in [-0.05, 0) is 0 Å². The number of esters is 1. The molecule has 0 aromatic rings. The molecule has 1 fully saturated rings. The van der Waals surface area contributed by atoms with Crippen LogP contribution in [0.15, 0.2) is 0 Å². The Morgan fingerprint density at radius 2 is 1.88 bits per heavy atom. The lowest BCUT2D eigenvalue weighted by molar-refractivity contribution is -0.300. The van der Waals surface area contributed by atoms with Crippen LogP contribution in [0.2, 0.25) is 0 Å². The van der Waals surface area contributed by atoms with Crippen LogP contribution in [0.4, 0.5) is 0 Å². The van der Waals surface area contributed by atoms with Crippen molar-refractivity contribution < 1.29 is 39.4 Å². The molecule has 0 radical (unpaired) electrons. The van der Waals surface area contributed by atoms with Gasteiger partial charge in [-0.1, -0.05) is 0 Å². The van der Waals surface area contributed by atoms with E-state index >= 15 is 0 Å². The Morgan fingerprint density at radius 1 is 1.24 bits per heavy atom. The maximum atomic E-state index is 10.8. The van der Waals surface area contributed by atoms with Crippen LogP contribution in [0.5, 0.6) is 0 Å². The van der Waals surface area contributed by atoms with Crippen molar-refractivity contribution >= 4 is 5.97 Å². The van der Waals surface area contributed by atoms with Gasteiger partial charge in [0.05, 0.1) is 13.7 Å². The fourth-order valence-electron chi connectivity index (χ4n) is 1.41. The fraction of sp³-hybridized carbons (Fsp3) is 0.889. The van der Waals surface area contributed by atoms with E-state index in [1.807, 2.05) is 0 Å². The van der Waals surface area contributed by atoms with Crippen molar-refractivity contribution in [2.45, 2.75) is 30.7 Å². The molecule has 3 unspecified atom stereocenters. The Hall–Kier alpha value is -0.770.